The van der Waals surface area contributed by atoms with Crippen LogP contribution in [0.4, 0.5) is 5.69 Å². The molecule has 0 heterocycles. The Morgan fingerprint density at radius 3 is 2.17 bits per heavy atom. The van der Waals surface area contributed by atoms with Crippen molar-refractivity contribution >= 4 is 27.8 Å². The lowest BCUT2D eigenvalue weighted by Gasteiger charge is -2.26. The molecule has 190 valence electrons. The number of hydrazone groups is 1. The Hall–Kier alpha value is -4.25. The van der Waals surface area contributed by atoms with E-state index in [1.165, 1.54) is 58.9 Å². The fourth-order valence-electron chi connectivity index (χ4n) is 3.28. The van der Waals surface area contributed by atoms with Gasteiger partial charge < -0.3 is 18.9 Å². The molecule has 10 nitrogen and oxygen atoms in total. The minimum Gasteiger partial charge on any atom is -0.497 e. The van der Waals surface area contributed by atoms with Crippen molar-refractivity contribution in [1.29, 1.82) is 0 Å². The minimum absolute atomic E-state index is 0.105. The fourth-order valence-corrected chi connectivity index (χ4v) is 4.72. The van der Waals surface area contributed by atoms with Crippen LogP contribution in [0, 0.1) is 0 Å². The van der Waals surface area contributed by atoms with Crippen LogP contribution in [-0.2, 0) is 14.8 Å². The Labute approximate surface area is 210 Å². The molecule has 3 aromatic rings. The van der Waals surface area contributed by atoms with Gasteiger partial charge in [-0.25, -0.2) is 13.8 Å². The van der Waals surface area contributed by atoms with Gasteiger partial charge in [-0.3, -0.25) is 9.10 Å². The van der Waals surface area contributed by atoms with Gasteiger partial charge in [0, 0.05) is 12.1 Å². The summed E-state index contributed by atoms with van der Waals surface area (Å²) in [6.07, 6.45) is 1.46. The third kappa shape index (κ3) is 6.05. The van der Waals surface area contributed by atoms with Crippen LogP contribution in [0.15, 0.2) is 76.7 Å². The lowest BCUT2D eigenvalue weighted by atomic mass is 10.2. The van der Waals surface area contributed by atoms with E-state index >= 15 is 0 Å². The van der Waals surface area contributed by atoms with E-state index in [2.05, 4.69) is 10.5 Å². The van der Waals surface area contributed by atoms with Crippen molar-refractivity contribution in [3.63, 3.8) is 0 Å². The number of hydrogen-bond donors (Lipinski definition) is 1. The van der Waals surface area contributed by atoms with Gasteiger partial charge in [0.2, 0.25) is 0 Å². The molecule has 3 aromatic carbocycles. The number of methoxy groups -OCH3 is 4. The number of rotatable bonds is 11. The zero-order valence-electron chi connectivity index (χ0n) is 20.3. The topological polar surface area (TPSA) is 116 Å². The zero-order chi connectivity index (χ0) is 26.1. The summed E-state index contributed by atoms with van der Waals surface area (Å²) in [7, 11) is 1.40. The largest absolute Gasteiger partial charge is 0.497 e. The molecule has 0 atom stereocenters. The Balaban J connectivity index is 2.02. The predicted molar refractivity (Wildman–Crippen MR) is 136 cm³/mol. The average molecular weight is 514 g/mol. The van der Waals surface area contributed by atoms with E-state index in [9.17, 15) is 13.2 Å². The number of nitrogens with one attached hydrogen (secondary N) is 1. The second-order valence-electron chi connectivity index (χ2n) is 7.27. The fraction of sp³-hybridized carbons (Fsp3) is 0.200. The molecule has 0 spiro atoms. The maximum Gasteiger partial charge on any atom is 0.265 e. The Bertz CT molecular complexity index is 1330. The molecule has 0 aliphatic rings. The first kappa shape index (κ1) is 26.4. The summed E-state index contributed by atoms with van der Waals surface area (Å²) in [5.74, 6) is 0.500. The molecule has 0 bridgehead atoms. The van der Waals surface area contributed by atoms with Crippen LogP contribution in [0.25, 0.3) is 0 Å². The smallest absolute Gasteiger partial charge is 0.265 e. The Morgan fingerprint density at radius 2 is 1.53 bits per heavy atom. The summed E-state index contributed by atoms with van der Waals surface area (Å²) in [6.45, 7) is -0.591. The van der Waals surface area contributed by atoms with Crippen LogP contribution in [0.1, 0.15) is 5.56 Å². The van der Waals surface area contributed by atoms with Crippen molar-refractivity contribution in [2.45, 2.75) is 4.90 Å². The first-order chi connectivity index (χ1) is 17.3. The summed E-state index contributed by atoms with van der Waals surface area (Å²) >= 11 is 0. The number of carbonyl (C=O) groups is 1. The van der Waals surface area contributed by atoms with E-state index in [1.54, 1.807) is 12.1 Å². The molecule has 0 aromatic heterocycles. The molecule has 0 fully saturated rings. The van der Waals surface area contributed by atoms with Gasteiger partial charge in [-0.1, -0.05) is 30.3 Å². The summed E-state index contributed by atoms with van der Waals surface area (Å²) in [5, 5.41) is 3.93. The van der Waals surface area contributed by atoms with Gasteiger partial charge in [-0.15, -0.1) is 0 Å². The van der Waals surface area contributed by atoms with Crippen molar-refractivity contribution in [1.82, 2.24) is 5.43 Å². The van der Waals surface area contributed by atoms with E-state index in [4.69, 9.17) is 18.9 Å². The zero-order valence-corrected chi connectivity index (χ0v) is 21.1. The summed E-state index contributed by atoms with van der Waals surface area (Å²) in [6, 6.07) is 17.9. The Kier molecular flexibility index (Phi) is 8.74. The maximum atomic E-state index is 13.8. The number of sulfonamides is 1. The highest BCUT2D eigenvalue weighted by atomic mass is 32.2. The normalized spacial score (nSPS) is 11.1. The molecule has 11 heteroatoms. The molecular formula is C25H27N3O7S. The van der Waals surface area contributed by atoms with E-state index < -0.39 is 22.5 Å². The van der Waals surface area contributed by atoms with E-state index in [0.29, 0.717) is 11.5 Å². The molecule has 0 unspecified atom stereocenters. The molecule has 1 amide bonds. The van der Waals surface area contributed by atoms with Gasteiger partial charge in [0.15, 0.2) is 11.5 Å². The molecular weight excluding hydrogens is 486 g/mol. The number of anilines is 1. The summed E-state index contributed by atoms with van der Waals surface area (Å²) in [4.78, 5) is 12.7. The summed E-state index contributed by atoms with van der Waals surface area (Å²) in [5.41, 5.74) is 3.24. The van der Waals surface area contributed by atoms with Crippen molar-refractivity contribution in [3.8, 4) is 23.0 Å². The third-order valence-electron chi connectivity index (χ3n) is 5.09. The van der Waals surface area contributed by atoms with Crippen molar-refractivity contribution in [2.75, 3.05) is 39.3 Å². The predicted octanol–water partition coefficient (Wildman–Crippen LogP) is 3.07. The maximum absolute atomic E-state index is 13.8. The molecule has 0 saturated carbocycles. The van der Waals surface area contributed by atoms with Crippen LogP contribution in [0.5, 0.6) is 23.0 Å². The third-order valence-corrected chi connectivity index (χ3v) is 6.84. The highest BCUT2D eigenvalue weighted by Crippen LogP contribution is 2.37. The quantitative estimate of drug-likeness (QED) is 0.309. The molecule has 3 rings (SSSR count). The standard InChI is InChI=1S/C25H27N3O7S/c1-32-19-10-12-22(33-2)21(14-19)28(17-25(29)27-26-16-18-8-6-5-7-9-18)36(30,31)20-11-13-23(34-3)24(15-20)35-4/h5-16H,17H2,1-4H3,(H,27,29)/b26-16-. The van der Waals surface area contributed by atoms with Crippen LogP contribution in [-0.4, -0.2) is 55.5 Å². The highest BCUT2D eigenvalue weighted by Gasteiger charge is 2.31. The van der Waals surface area contributed by atoms with Gasteiger partial charge in [0.1, 0.15) is 18.0 Å². The van der Waals surface area contributed by atoms with E-state index in [-0.39, 0.29) is 22.1 Å². The van der Waals surface area contributed by atoms with Gasteiger partial charge in [-0.2, -0.15) is 5.10 Å². The second-order valence-corrected chi connectivity index (χ2v) is 9.13. The first-order valence-electron chi connectivity index (χ1n) is 10.7. The lowest BCUT2D eigenvalue weighted by Crippen LogP contribution is -2.39. The SMILES string of the molecule is COc1ccc(OC)c(N(CC(=O)N/N=C\c2ccccc2)S(=O)(=O)c2ccc(OC)c(OC)c2)c1. The second kappa shape index (κ2) is 11.9. The van der Waals surface area contributed by atoms with Crippen molar-refractivity contribution in [2.24, 2.45) is 5.10 Å². The number of ether oxygens (including phenoxy) is 4. The molecule has 1 N–H and O–H groups in total. The average Bonchev–Trinajstić information content (AvgIpc) is 2.91. The van der Waals surface area contributed by atoms with Gasteiger partial charge in [-0.05, 0) is 29.8 Å². The molecule has 0 radical (unpaired) electrons. The highest BCUT2D eigenvalue weighted by molar-refractivity contribution is 7.92. The minimum atomic E-state index is -4.29. The van der Waals surface area contributed by atoms with Gasteiger partial charge in [0.25, 0.3) is 15.9 Å². The van der Waals surface area contributed by atoms with Crippen molar-refractivity contribution in [3.05, 3.63) is 72.3 Å². The van der Waals surface area contributed by atoms with E-state index in [1.807, 2.05) is 30.3 Å². The van der Waals surface area contributed by atoms with E-state index in [0.717, 1.165) is 9.87 Å². The molecule has 0 saturated heterocycles. The number of nitrogens with zero attached hydrogens (tertiary/aromatic N) is 2. The number of hydrogen-bond acceptors (Lipinski definition) is 8. The molecule has 0 aliphatic carbocycles. The number of carbonyl (C=O) groups excluding carboxylic acids is 1. The van der Waals surface area contributed by atoms with Crippen LogP contribution < -0.4 is 28.7 Å². The molecule has 36 heavy (non-hydrogen) atoms. The number of amides is 1. The Morgan fingerprint density at radius 1 is 0.861 bits per heavy atom. The molecule has 0 aliphatic heterocycles. The van der Waals surface area contributed by atoms with Gasteiger partial charge >= 0.3 is 0 Å². The summed E-state index contributed by atoms with van der Waals surface area (Å²) < 4.78 is 49.7. The lowest BCUT2D eigenvalue weighted by molar-refractivity contribution is -0.119. The number of benzene rings is 3. The van der Waals surface area contributed by atoms with Crippen LogP contribution in [0.3, 0.4) is 0 Å². The van der Waals surface area contributed by atoms with Gasteiger partial charge in [0.05, 0.1) is 45.2 Å². The van der Waals surface area contributed by atoms with Crippen LogP contribution >= 0.6 is 0 Å². The van der Waals surface area contributed by atoms with Crippen molar-refractivity contribution < 1.29 is 32.2 Å². The first-order valence-corrected chi connectivity index (χ1v) is 12.1. The monoisotopic (exact) mass is 513 g/mol. The van der Waals surface area contributed by atoms with Crippen LogP contribution in [0.2, 0.25) is 0 Å².